The van der Waals surface area contributed by atoms with Gasteiger partial charge in [0, 0.05) is 17.7 Å². The number of benzene rings is 1. The van der Waals surface area contributed by atoms with Crippen LogP contribution in [0.5, 0.6) is 0 Å². The van der Waals surface area contributed by atoms with Crippen molar-refractivity contribution >= 4 is 15.5 Å². The summed E-state index contributed by atoms with van der Waals surface area (Å²) in [5.41, 5.74) is 1.17. The van der Waals surface area contributed by atoms with E-state index in [0.29, 0.717) is 6.54 Å². The van der Waals surface area contributed by atoms with E-state index < -0.39 is 32.4 Å². The number of hydrogen-bond donors (Lipinski definition) is 0. The summed E-state index contributed by atoms with van der Waals surface area (Å²) in [4.78, 5) is 4.31. The molecule has 0 aromatic heterocycles. The van der Waals surface area contributed by atoms with E-state index in [1.54, 1.807) is 6.92 Å². The average Bonchev–Trinajstić information content (AvgIpc) is 3.21. The van der Waals surface area contributed by atoms with Gasteiger partial charge in [-0.25, -0.2) is 8.42 Å². The first-order valence-corrected chi connectivity index (χ1v) is 11.2. The van der Waals surface area contributed by atoms with Gasteiger partial charge in [-0.3, -0.25) is 4.99 Å². The molecule has 1 aliphatic carbocycles. The molecule has 3 aliphatic rings. The Bertz CT molecular complexity index is 993. The number of aliphatic imine (C=N–C) groups is 1. The third-order valence-corrected chi connectivity index (χ3v) is 9.02. The van der Waals surface area contributed by atoms with Crippen LogP contribution in [-0.2, 0) is 20.8 Å². The largest absolute Gasteiger partial charge is 0.416 e. The third kappa shape index (κ3) is 3.65. The number of allylic oxidation sites excluding steroid dienone is 1. The molecule has 158 valence electrons. The number of hydrogen-bond acceptors (Lipinski definition) is 4. The number of sulfone groups is 1. The van der Waals surface area contributed by atoms with Crippen molar-refractivity contribution in [2.45, 2.75) is 61.5 Å². The van der Waals surface area contributed by atoms with Crippen LogP contribution in [0.4, 0.5) is 13.2 Å². The van der Waals surface area contributed by atoms with Gasteiger partial charge in [0.15, 0.2) is 9.84 Å². The molecule has 2 unspecified atom stereocenters. The van der Waals surface area contributed by atoms with Gasteiger partial charge >= 0.3 is 6.18 Å². The molecule has 2 heterocycles. The van der Waals surface area contributed by atoms with E-state index in [-0.39, 0.29) is 29.8 Å². The standard InChI is InChI=1S/C21H24F3NO3S/c1-19(6-7-19)18-10-14(13-25-18)17-12-20(2,8-9-28-17)29(26,27)16-5-3-4-15(11-16)21(22,23)24/h3-5,10-11,17H,6-9,12-13H2,1-2H3. The SMILES string of the molecule is CC1(C2=NCC(C3CC(C)(S(=O)(=O)c4cccc(C(F)(F)F)c4)CCO3)=C2)CC1. The van der Waals surface area contributed by atoms with Gasteiger partial charge in [0.25, 0.3) is 0 Å². The van der Waals surface area contributed by atoms with Crippen LogP contribution in [0.1, 0.15) is 45.1 Å². The first kappa shape index (κ1) is 20.6. The van der Waals surface area contributed by atoms with E-state index in [0.717, 1.165) is 42.3 Å². The van der Waals surface area contributed by atoms with Crippen molar-refractivity contribution in [1.29, 1.82) is 0 Å². The smallest absolute Gasteiger partial charge is 0.374 e. The van der Waals surface area contributed by atoms with Crippen LogP contribution in [0.2, 0.25) is 0 Å². The van der Waals surface area contributed by atoms with Crippen LogP contribution in [0.25, 0.3) is 0 Å². The van der Waals surface area contributed by atoms with Crippen molar-refractivity contribution in [3.63, 3.8) is 0 Å². The van der Waals surface area contributed by atoms with Crippen LogP contribution in [0.3, 0.4) is 0 Å². The Balaban J connectivity index is 1.59. The van der Waals surface area contributed by atoms with Gasteiger partial charge in [0.2, 0.25) is 0 Å². The van der Waals surface area contributed by atoms with Crippen molar-refractivity contribution in [2.24, 2.45) is 10.4 Å². The summed E-state index contributed by atoms with van der Waals surface area (Å²) in [5, 5.41) is 0. The molecule has 1 aromatic rings. The molecule has 1 aromatic carbocycles. The number of alkyl halides is 3. The summed E-state index contributed by atoms with van der Waals surface area (Å²) in [6.45, 7) is 4.51. The van der Waals surface area contributed by atoms with E-state index in [1.165, 1.54) is 6.07 Å². The normalized spacial score (nSPS) is 29.3. The van der Waals surface area contributed by atoms with Gasteiger partial charge in [0.1, 0.15) is 0 Å². The quantitative estimate of drug-likeness (QED) is 0.706. The summed E-state index contributed by atoms with van der Waals surface area (Å²) >= 11 is 0. The fraction of sp³-hybridized carbons (Fsp3) is 0.571. The highest BCUT2D eigenvalue weighted by atomic mass is 32.2. The van der Waals surface area contributed by atoms with Gasteiger partial charge in [0.05, 0.1) is 27.9 Å². The number of halogens is 3. The molecule has 1 saturated carbocycles. The highest BCUT2D eigenvalue weighted by Crippen LogP contribution is 2.48. The van der Waals surface area contributed by atoms with E-state index >= 15 is 0 Å². The summed E-state index contributed by atoms with van der Waals surface area (Å²) in [6, 6.07) is 4.00. The highest BCUT2D eigenvalue weighted by molar-refractivity contribution is 7.92. The molecule has 0 bridgehead atoms. The van der Waals surface area contributed by atoms with Crippen molar-refractivity contribution in [2.75, 3.05) is 13.2 Å². The molecule has 8 heteroatoms. The predicted molar refractivity (Wildman–Crippen MR) is 104 cm³/mol. The summed E-state index contributed by atoms with van der Waals surface area (Å²) in [7, 11) is -3.98. The molecule has 1 saturated heterocycles. The fourth-order valence-electron chi connectivity index (χ4n) is 4.02. The maximum atomic E-state index is 13.3. The Morgan fingerprint density at radius 1 is 1.17 bits per heavy atom. The summed E-state index contributed by atoms with van der Waals surface area (Å²) in [6.07, 6.45) is -0.312. The van der Waals surface area contributed by atoms with E-state index in [9.17, 15) is 21.6 Å². The maximum absolute atomic E-state index is 13.3. The fourth-order valence-corrected chi connectivity index (χ4v) is 5.86. The maximum Gasteiger partial charge on any atom is 0.416 e. The average molecular weight is 427 g/mol. The van der Waals surface area contributed by atoms with Crippen molar-refractivity contribution in [1.82, 2.24) is 0 Å². The molecule has 0 N–H and O–H groups in total. The lowest BCUT2D eigenvalue weighted by molar-refractivity contribution is -0.137. The lowest BCUT2D eigenvalue weighted by Crippen LogP contribution is -2.45. The second-order valence-electron chi connectivity index (χ2n) is 8.77. The van der Waals surface area contributed by atoms with Gasteiger partial charge in [-0.1, -0.05) is 13.0 Å². The molecule has 2 aliphatic heterocycles. The molecule has 2 atom stereocenters. The second-order valence-corrected chi connectivity index (χ2v) is 11.2. The first-order valence-electron chi connectivity index (χ1n) is 9.74. The van der Waals surface area contributed by atoms with Crippen LogP contribution < -0.4 is 0 Å². The Morgan fingerprint density at radius 3 is 2.55 bits per heavy atom. The van der Waals surface area contributed by atoms with Gasteiger partial charge in [-0.15, -0.1) is 0 Å². The lowest BCUT2D eigenvalue weighted by Gasteiger charge is -2.38. The Morgan fingerprint density at radius 2 is 1.90 bits per heavy atom. The predicted octanol–water partition coefficient (Wildman–Crippen LogP) is 4.60. The van der Waals surface area contributed by atoms with Gasteiger partial charge in [-0.05, 0) is 62.5 Å². The Kier molecular flexibility index (Phi) is 4.74. The molecule has 4 rings (SSSR count). The monoisotopic (exact) mass is 427 g/mol. The molecule has 0 radical (unpaired) electrons. The highest BCUT2D eigenvalue weighted by Gasteiger charge is 2.47. The Hall–Kier alpha value is -1.67. The molecule has 4 nitrogen and oxygen atoms in total. The zero-order valence-corrected chi connectivity index (χ0v) is 17.2. The molecule has 2 fully saturated rings. The minimum Gasteiger partial charge on any atom is -0.374 e. The Labute approximate surface area is 168 Å². The third-order valence-electron chi connectivity index (χ3n) is 6.47. The zero-order chi connectivity index (χ0) is 21.1. The van der Waals surface area contributed by atoms with E-state index in [4.69, 9.17) is 4.74 Å². The molecule has 0 spiro atoms. The minimum absolute atomic E-state index is 0.129. The molecular weight excluding hydrogens is 403 g/mol. The van der Waals surface area contributed by atoms with Gasteiger partial charge in [-0.2, -0.15) is 13.2 Å². The van der Waals surface area contributed by atoms with Crippen LogP contribution in [-0.4, -0.2) is 38.1 Å². The number of rotatable bonds is 4. The van der Waals surface area contributed by atoms with Crippen LogP contribution in [0.15, 0.2) is 45.8 Å². The van der Waals surface area contributed by atoms with Crippen LogP contribution >= 0.6 is 0 Å². The molecular formula is C21H24F3NO3S. The molecule has 29 heavy (non-hydrogen) atoms. The van der Waals surface area contributed by atoms with Crippen LogP contribution in [0, 0.1) is 5.41 Å². The van der Waals surface area contributed by atoms with Crippen molar-refractivity contribution in [3.8, 4) is 0 Å². The van der Waals surface area contributed by atoms with Crippen molar-refractivity contribution in [3.05, 3.63) is 41.5 Å². The van der Waals surface area contributed by atoms with E-state index in [1.807, 2.05) is 6.08 Å². The first-order chi connectivity index (χ1) is 13.4. The second kappa shape index (κ2) is 6.67. The summed E-state index contributed by atoms with van der Waals surface area (Å²) < 4.78 is 70.5. The van der Waals surface area contributed by atoms with E-state index in [2.05, 4.69) is 11.9 Å². The number of nitrogens with zero attached hydrogens (tertiary/aromatic N) is 1. The zero-order valence-electron chi connectivity index (χ0n) is 16.4. The van der Waals surface area contributed by atoms with Gasteiger partial charge < -0.3 is 4.74 Å². The number of ether oxygens (including phenoxy) is 1. The topological polar surface area (TPSA) is 55.7 Å². The summed E-state index contributed by atoms with van der Waals surface area (Å²) in [5.74, 6) is 0. The molecule has 0 amide bonds. The lowest BCUT2D eigenvalue weighted by atomic mass is 9.91. The minimum atomic E-state index is -4.59. The van der Waals surface area contributed by atoms with Crippen molar-refractivity contribution < 1.29 is 26.3 Å².